The number of amides is 3. The van der Waals surface area contributed by atoms with Gasteiger partial charge in [0.2, 0.25) is 17.7 Å². The van der Waals surface area contributed by atoms with Crippen LogP contribution in [0.1, 0.15) is 25.7 Å². The molecule has 1 saturated heterocycles. The van der Waals surface area contributed by atoms with Crippen LogP contribution in [0.25, 0.3) is 0 Å². The summed E-state index contributed by atoms with van der Waals surface area (Å²) in [5, 5.41) is 0. The molecule has 3 aliphatic carbocycles. The van der Waals surface area contributed by atoms with Gasteiger partial charge in [0.15, 0.2) is 0 Å². The Labute approximate surface area is 128 Å². The molecule has 3 saturated carbocycles. The summed E-state index contributed by atoms with van der Waals surface area (Å²) in [4.78, 5) is 39.2. The molecule has 1 spiro atoms. The molecule has 2 atom stereocenters. The molecule has 1 heterocycles. The van der Waals surface area contributed by atoms with E-state index in [1.165, 1.54) is 4.90 Å². The maximum absolute atomic E-state index is 13.0. The summed E-state index contributed by atoms with van der Waals surface area (Å²) in [7, 11) is 0. The molecule has 0 aromatic heterocycles. The van der Waals surface area contributed by atoms with Gasteiger partial charge in [-0.05, 0) is 43.7 Å². The smallest absolute Gasteiger partial charge is 0.240 e. The fraction of sp³-hybridized carbons (Fsp3) is 0.471. The lowest BCUT2D eigenvalue weighted by molar-refractivity contribution is -0.150. The van der Waals surface area contributed by atoms with Gasteiger partial charge >= 0.3 is 0 Å². The third-order valence-electron chi connectivity index (χ3n) is 5.84. The van der Waals surface area contributed by atoms with Crippen LogP contribution in [0.5, 0.6) is 0 Å². The van der Waals surface area contributed by atoms with Gasteiger partial charge in [0.1, 0.15) is 0 Å². The number of nitrogens with zero attached hydrogens (tertiary/aromatic N) is 1. The zero-order valence-electron chi connectivity index (χ0n) is 12.2. The lowest BCUT2D eigenvalue weighted by Gasteiger charge is -2.49. The number of hydrogen-bond donors (Lipinski definition) is 1. The van der Waals surface area contributed by atoms with E-state index in [4.69, 9.17) is 5.73 Å². The van der Waals surface area contributed by atoms with Gasteiger partial charge in [-0.2, -0.15) is 0 Å². The van der Waals surface area contributed by atoms with Gasteiger partial charge in [-0.25, -0.2) is 4.90 Å². The Hall–Kier alpha value is -2.17. The molecule has 5 heteroatoms. The molecule has 114 valence electrons. The van der Waals surface area contributed by atoms with Crippen molar-refractivity contribution in [3.63, 3.8) is 0 Å². The molecule has 0 radical (unpaired) electrons. The number of nitrogens with two attached hydrogens (primary N) is 1. The van der Waals surface area contributed by atoms with Gasteiger partial charge in [-0.15, -0.1) is 0 Å². The fourth-order valence-electron chi connectivity index (χ4n) is 4.86. The van der Waals surface area contributed by atoms with Crippen molar-refractivity contribution in [2.45, 2.75) is 25.7 Å². The quantitative estimate of drug-likeness (QED) is 0.839. The van der Waals surface area contributed by atoms with E-state index in [0.29, 0.717) is 18.5 Å². The molecule has 1 aromatic carbocycles. The summed E-state index contributed by atoms with van der Waals surface area (Å²) < 4.78 is 0. The van der Waals surface area contributed by atoms with E-state index in [1.54, 1.807) is 24.3 Å². The van der Waals surface area contributed by atoms with Crippen LogP contribution in [0.2, 0.25) is 0 Å². The van der Waals surface area contributed by atoms with Crippen molar-refractivity contribution in [1.82, 2.24) is 0 Å². The second-order valence-corrected chi connectivity index (χ2v) is 6.71. The molecule has 5 rings (SSSR count). The number of para-hydroxylation sites is 1. The van der Waals surface area contributed by atoms with Gasteiger partial charge < -0.3 is 5.73 Å². The van der Waals surface area contributed by atoms with E-state index in [1.807, 2.05) is 6.07 Å². The van der Waals surface area contributed by atoms with Crippen LogP contribution >= 0.6 is 0 Å². The highest BCUT2D eigenvalue weighted by molar-refractivity contribution is 6.24. The zero-order chi connectivity index (χ0) is 15.5. The Morgan fingerprint density at radius 1 is 1.14 bits per heavy atom. The molecule has 4 aliphatic rings. The van der Waals surface area contributed by atoms with E-state index < -0.39 is 23.2 Å². The van der Waals surface area contributed by atoms with E-state index in [2.05, 4.69) is 0 Å². The number of benzene rings is 1. The number of anilines is 1. The molecule has 1 aromatic rings. The number of hydrogen-bond acceptors (Lipinski definition) is 3. The van der Waals surface area contributed by atoms with Crippen molar-refractivity contribution >= 4 is 23.4 Å². The highest BCUT2D eigenvalue weighted by atomic mass is 16.2. The van der Waals surface area contributed by atoms with Crippen LogP contribution in [0, 0.1) is 23.2 Å². The number of fused-ring (bicyclic) bond motifs is 2. The standard InChI is InChI=1S/C17H18N2O3/c18-14(20)12-10-6-8-17(9-7-10)13(12)15(21)19(16(17)22)11-4-2-1-3-5-11/h1-5,10,12-13H,6-9H2,(H2,18,20)/t10?,12-,13-,17?/m0/s1. The van der Waals surface area contributed by atoms with Crippen molar-refractivity contribution in [2.75, 3.05) is 4.90 Å². The fourth-order valence-corrected chi connectivity index (χ4v) is 4.86. The average molecular weight is 298 g/mol. The zero-order valence-corrected chi connectivity index (χ0v) is 12.2. The van der Waals surface area contributed by atoms with Crippen molar-refractivity contribution in [3.05, 3.63) is 30.3 Å². The molecule has 2 bridgehead atoms. The molecular weight excluding hydrogens is 280 g/mol. The lowest BCUT2D eigenvalue weighted by Crippen LogP contribution is -2.54. The molecule has 1 aliphatic heterocycles. The Balaban J connectivity index is 1.83. The van der Waals surface area contributed by atoms with Crippen LogP contribution in [0.3, 0.4) is 0 Å². The maximum atomic E-state index is 13.0. The van der Waals surface area contributed by atoms with Gasteiger partial charge in [0.25, 0.3) is 0 Å². The molecule has 3 amide bonds. The molecular formula is C17H18N2O3. The molecule has 5 nitrogen and oxygen atoms in total. The maximum Gasteiger partial charge on any atom is 0.240 e. The highest BCUT2D eigenvalue weighted by Gasteiger charge is 2.68. The van der Waals surface area contributed by atoms with Crippen molar-refractivity contribution < 1.29 is 14.4 Å². The van der Waals surface area contributed by atoms with Crippen LogP contribution in [-0.4, -0.2) is 17.7 Å². The largest absolute Gasteiger partial charge is 0.369 e. The number of carbonyl (C=O) groups is 3. The van der Waals surface area contributed by atoms with Gasteiger partial charge in [0, 0.05) is 0 Å². The van der Waals surface area contributed by atoms with Gasteiger partial charge in [0.05, 0.1) is 22.9 Å². The Kier molecular flexibility index (Phi) is 2.71. The van der Waals surface area contributed by atoms with Crippen LogP contribution in [-0.2, 0) is 14.4 Å². The number of primary amides is 1. The van der Waals surface area contributed by atoms with Gasteiger partial charge in [-0.1, -0.05) is 18.2 Å². The molecule has 4 fully saturated rings. The molecule has 22 heavy (non-hydrogen) atoms. The minimum absolute atomic E-state index is 0.141. The highest BCUT2D eigenvalue weighted by Crippen LogP contribution is 2.61. The van der Waals surface area contributed by atoms with Crippen LogP contribution in [0.4, 0.5) is 5.69 Å². The third-order valence-corrected chi connectivity index (χ3v) is 5.84. The molecule has 0 unspecified atom stereocenters. The van der Waals surface area contributed by atoms with E-state index in [0.717, 1.165) is 12.8 Å². The number of carbonyl (C=O) groups excluding carboxylic acids is 3. The average Bonchev–Trinajstić information content (AvgIpc) is 2.77. The first kappa shape index (κ1) is 13.5. The molecule has 2 N–H and O–H groups in total. The summed E-state index contributed by atoms with van der Waals surface area (Å²) in [6.45, 7) is 0. The van der Waals surface area contributed by atoms with E-state index >= 15 is 0 Å². The Morgan fingerprint density at radius 2 is 1.77 bits per heavy atom. The first-order chi connectivity index (χ1) is 10.6. The minimum Gasteiger partial charge on any atom is -0.369 e. The van der Waals surface area contributed by atoms with Crippen LogP contribution in [0.15, 0.2) is 30.3 Å². The first-order valence-corrected chi connectivity index (χ1v) is 7.79. The van der Waals surface area contributed by atoms with Crippen molar-refractivity contribution in [1.29, 1.82) is 0 Å². The number of imide groups is 1. The van der Waals surface area contributed by atoms with Crippen LogP contribution < -0.4 is 10.6 Å². The normalized spacial score (nSPS) is 36.5. The topological polar surface area (TPSA) is 80.5 Å². The Morgan fingerprint density at radius 3 is 2.36 bits per heavy atom. The lowest BCUT2D eigenvalue weighted by atomic mass is 9.51. The SMILES string of the molecule is NC(=O)[C@H]1C2CCC3(CC2)C(=O)N(c2ccccc2)C(=O)[C@H]13. The Bertz CT molecular complexity index is 662. The summed E-state index contributed by atoms with van der Waals surface area (Å²) in [5.41, 5.74) is 5.46. The predicted molar refractivity (Wildman–Crippen MR) is 79.5 cm³/mol. The summed E-state index contributed by atoms with van der Waals surface area (Å²) in [5.74, 6) is -1.73. The van der Waals surface area contributed by atoms with Crippen molar-refractivity contribution in [2.24, 2.45) is 28.9 Å². The minimum atomic E-state index is -0.707. The second kappa shape index (κ2) is 4.41. The monoisotopic (exact) mass is 298 g/mol. The van der Waals surface area contributed by atoms with E-state index in [-0.39, 0.29) is 17.7 Å². The van der Waals surface area contributed by atoms with Crippen molar-refractivity contribution in [3.8, 4) is 0 Å². The predicted octanol–water partition coefficient (Wildman–Crippen LogP) is 1.47. The summed E-state index contributed by atoms with van der Waals surface area (Å²) in [6, 6.07) is 8.97. The van der Waals surface area contributed by atoms with Gasteiger partial charge in [-0.3, -0.25) is 14.4 Å². The summed E-state index contributed by atoms with van der Waals surface area (Å²) in [6.07, 6.45) is 3.01. The second-order valence-electron chi connectivity index (χ2n) is 6.71. The third kappa shape index (κ3) is 1.51. The summed E-state index contributed by atoms with van der Waals surface area (Å²) >= 11 is 0. The van der Waals surface area contributed by atoms with E-state index in [9.17, 15) is 14.4 Å². The number of rotatable bonds is 2. The first-order valence-electron chi connectivity index (χ1n) is 7.79.